The smallest absolute Gasteiger partial charge is 0.356 e. The number of urea groups is 1. The number of aromatic carboxylic acids is 1. The highest BCUT2D eigenvalue weighted by Gasteiger charge is 2.28. The topological polar surface area (TPSA) is 78.7 Å². The molecule has 136 valence electrons. The molecule has 4 rings (SSSR count). The summed E-state index contributed by atoms with van der Waals surface area (Å²) in [6.45, 7) is 5.15. The van der Waals surface area contributed by atoms with Crippen molar-refractivity contribution in [2.24, 2.45) is 0 Å². The Hall–Kier alpha value is -2.83. The second-order valence-corrected chi connectivity index (χ2v) is 6.99. The van der Waals surface area contributed by atoms with Crippen molar-refractivity contribution in [3.05, 3.63) is 52.3 Å². The van der Waals surface area contributed by atoms with Gasteiger partial charge in [-0.1, -0.05) is 18.2 Å². The molecule has 2 aliphatic rings. The molecule has 0 bridgehead atoms. The van der Waals surface area contributed by atoms with E-state index in [0.717, 1.165) is 18.5 Å². The van der Waals surface area contributed by atoms with Crippen molar-refractivity contribution in [3.8, 4) is 0 Å². The summed E-state index contributed by atoms with van der Waals surface area (Å²) < 4.78 is 1.71. The van der Waals surface area contributed by atoms with E-state index in [1.165, 1.54) is 16.7 Å². The van der Waals surface area contributed by atoms with Crippen molar-refractivity contribution in [3.63, 3.8) is 0 Å². The number of fused-ring (bicyclic) bond motifs is 2. The van der Waals surface area contributed by atoms with Crippen LogP contribution in [0.5, 0.6) is 0 Å². The average molecular weight is 354 g/mol. The van der Waals surface area contributed by atoms with Gasteiger partial charge < -0.3 is 14.9 Å². The molecule has 3 heterocycles. The largest absolute Gasteiger partial charge is 0.476 e. The summed E-state index contributed by atoms with van der Waals surface area (Å²) in [6.07, 6.45) is 1.64. The van der Waals surface area contributed by atoms with E-state index >= 15 is 0 Å². The molecule has 0 unspecified atom stereocenters. The number of benzene rings is 1. The van der Waals surface area contributed by atoms with E-state index in [9.17, 15) is 9.59 Å². The standard InChI is InChI=1S/C19H22N4O3/c1-13-4-2-5-14-11-22(9-6-16(13)14)19(26)21-7-3-8-23-15(12-21)10-17(20-23)18(24)25/h2,4-5,10H,3,6-9,11-12H2,1H3,(H,24,25). The van der Waals surface area contributed by atoms with Crippen LogP contribution in [0.15, 0.2) is 24.3 Å². The maximum Gasteiger partial charge on any atom is 0.356 e. The highest BCUT2D eigenvalue weighted by molar-refractivity contribution is 5.85. The number of nitrogens with zero attached hydrogens (tertiary/aromatic N) is 4. The highest BCUT2D eigenvalue weighted by Crippen LogP contribution is 2.24. The van der Waals surface area contributed by atoms with Crippen molar-refractivity contribution in [1.29, 1.82) is 0 Å². The third kappa shape index (κ3) is 2.94. The summed E-state index contributed by atoms with van der Waals surface area (Å²) in [5.41, 5.74) is 4.68. The van der Waals surface area contributed by atoms with Gasteiger partial charge in [-0.3, -0.25) is 4.68 Å². The van der Waals surface area contributed by atoms with Gasteiger partial charge in [0, 0.05) is 26.2 Å². The minimum Gasteiger partial charge on any atom is -0.476 e. The molecule has 7 heteroatoms. The third-order valence-corrected chi connectivity index (χ3v) is 5.27. The molecule has 0 fully saturated rings. The Morgan fingerprint density at radius 1 is 1.12 bits per heavy atom. The van der Waals surface area contributed by atoms with E-state index < -0.39 is 5.97 Å². The molecule has 1 aromatic heterocycles. The lowest BCUT2D eigenvalue weighted by atomic mass is 9.95. The summed E-state index contributed by atoms with van der Waals surface area (Å²) in [6, 6.07) is 7.84. The molecule has 0 saturated heterocycles. The van der Waals surface area contributed by atoms with E-state index in [2.05, 4.69) is 24.2 Å². The predicted octanol–water partition coefficient (Wildman–Crippen LogP) is 2.27. The van der Waals surface area contributed by atoms with Crippen LogP contribution in [0.3, 0.4) is 0 Å². The number of rotatable bonds is 1. The molecule has 1 aromatic carbocycles. The zero-order valence-electron chi connectivity index (χ0n) is 14.8. The first-order valence-electron chi connectivity index (χ1n) is 8.94. The lowest BCUT2D eigenvalue weighted by Gasteiger charge is -2.34. The molecule has 0 saturated carbocycles. The Labute approximate surface area is 151 Å². The molecule has 2 aliphatic heterocycles. The number of amides is 2. The molecule has 2 aromatic rings. The van der Waals surface area contributed by atoms with Gasteiger partial charge in [0.1, 0.15) is 0 Å². The SMILES string of the molecule is Cc1cccc2c1CCN(C(=O)N1CCCn3nc(C(=O)O)cc3C1)C2. The first-order chi connectivity index (χ1) is 12.5. The number of hydrogen-bond acceptors (Lipinski definition) is 3. The molecule has 0 atom stereocenters. The maximum atomic E-state index is 13.1. The van der Waals surface area contributed by atoms with Gasteiger partial charge in [-0.2, -0.15) is 5.10 Å². The highest BCUT2D eigenvalue weighted by atomic mass is 16.4. The molecule has 2 amide bonds. The van der Waals surface area contributed by atoms with Crippen LogP contribution in [-0.4, -0.2) is 49.8 Å². The van der Waals surface area contributed by atoms with Crippen LogP contribution in [-0.2, 0) is 26.1 Å². The summed E-state index contributed by atoms with van der Waals surface area (Å²) in [7, 11) is 0. The number of carbonyl (C=O) groups is 2. The van der Waals surface area contributed by atoms with Crippen LogP contribution < -0.4 is 0 Å². The fourth-order valence-corrected chi connectivity index (χ4v) is 3.89. The van der Waals surface area contributed by atoms with E-state index in [-0.39, 0.29) is 11.7 Å². The Morgan fingerprint density at radius 3 is 2.73 bits per heavy atom. The predicted molar refractivity (Wildman–Crippen MR) is 94.9 cm³/mol. The molecule has 7 nitrogen and oxygen atoms in total. The fourth-order valence-electron chi connectivity index (χ4n) is 3.89. The van der Waals surface area contributed by atoms with Crippen LogP contribution in [0.1, 0.15) is 39.3 Å². The normalized spacial score (nSPS) is 16.7. The third-order valence-electron chi connectivity index (χ3n) is 5.27. The molecular weight excluding hydrogens is 332 g/mol. The molecule has 0 aliphatic carbocycles. The number of hydrogen-bond donors (Lipinski definition) is 1. The van der Waals surface area contributed by atoms with Gasteiger partial charge in [0.25, 0.3) is 0 Å². The van der Waals surface area contributed by atoms with Gasteiger partial charge in [-0.25, -0.2) is 9.59 Å². The molecule has 0 spiro atoms. The first-order valence-corrected chi connectivity index (χ1v) is 8.94. The van der Waals surface area contributed by atoms with Crippen molar-refractivity contribution in [2.75, 3.05) is 13.1 Å². The summed E-state index contributed by atoms with van der Waals surface area (Å²) >= 11 is 0. The quantitative estimate of drug-likeness (QED) is 0.852. The number of carbonyl (C=O) groups excluding carboxylic acids is 1. The van der Waals surface area contributed by atoms with E-state index in [1.54, 1.807) is 10.7 Å². The van der Waals surface area contributed by atoms with Crippen LogP contribution in [0, 0.1) is 6.92 Å². The fraction of sp³-hybridized carbons (Fsp3) is 0.421. The second-order valence-electron chi connectivity index (χ2n) is 6.99. The average Bonchev–Trinajstić information content (AvgIpc) is 2.93. The number of carboxylic acids is 1. The van der Waals surface area contributed by atoms with E-state index in [4.69, 9.17) is 5.11 Å². The van der Waals surface area contributed by atoms with Gasteiger partial charge in [-0.15, -0.1) is 0 Å². The van der Waals surface area contributed by atoms with Crippen LogP contribution in [0.2, 0.25) is 0 Å². The number of carboxylic acid groups (broad SMARTS) is 1. The number of aromatic nitrogens is 2. The van der Waals surface area contributed by atoms with Gasteiger partial charge in [-0.05, 0) is 42.5 Å². The van der Waals surface area contributed by atoms with E-state index in [1.807, 2.05) is 15.9 Å². The van der Waals surface area contributed by atoms with Crippen molar-refractivity contribution >= 4 is 12.0 Å². The molecule has 1 N–H and O–H groups in total. The Kier molecular flexibility index (Phi) is 4.14. The zero-order valence-corrected chi connectivity index (χ0v) is 14.8. The van der Waals surface area contributed by atoms with Crippen LogP contribution >= 0.6 is 0 Å². The molecule has 26 heavy (non-hydrogen) atoms. The number of aryl methyl sites for hydroxylation is 2. The van der Waals surface area contributed by atoms with Crippen molar-refractivity contribution in [2.45, 2.75) is 39.4 Å². The zero-order chi connectivity index (χ0) is 18.3. The molecular formula is C19H22N4O3. The van der Waals surface area contributed by atoms with E-state index in [0.29, 0.717) is 32.7 Å². The van der Waals surface area contributed by atoms with Gasteiger partial charge in [0.05, 0.1) is 12.2 Å². The van der Waals surface area contributed by atoms with Crippen LogP contribution in [0.4, 0.5) is 4.79 Å². The molecule has 0 radical (unpaired) electrons. The lowest BCUT2D eigenvalue weighted by molar-refractivity contribution is 0.0689. The first kappa shape index (κ1) is 16.6. The summed E-state index contributed by atoms with van der Waals surface area (Å²) in [4.78, 5) is 27.9. The monoisotopic (exact) mass is 354 g/mol. The second kappa shape index (κ2) is 6.48. The van der Waals surface area contributed by atoms with Gasteiger partial charge in [0.15, 0.2) is 5.69 Å². The Morgan fingerprint density at radius 2 is 1.92 bits per heavy atom. The maximum absolute atomic E-state index is 13.1. The van der Waals surface area contributed by atoms with Gasteiger partial charge in [0.2, 0.25) is 0 Å². The minimum absolute atomic E-state index is 0.0173. The van der Waals surface area contributed by atoms with Crippen LogP contribution in [0.25, 0.3) is 0 Å². The van der Waals surface area contributed by atoms with Crippen molar-refractivity contribution < 1.29 is 14.7 Å². The Bertz CT molecular complexity index is 874. The Balaban J connectivity index is 1.52. The minimum atomic E-state index is -1.04. The summed E-state index contributed by atoms with van der Waals surface area (Å²) in [5, 5.41) is 13.3. The lowest BCUT2D eigenvalue weighted by Crippen LogP contribution is -2.45. The van der Waals surface area contributed by atoms with Gasteiger partial charge >= 0.3 is 12.0 Å². The summed E-state index contributed by atoms with van der Waals surface area (Å²) in [5.74, 6) is -1.04. The van der Waals surface area contributed by atoms with Crippen molar-refractivity contribution in [1.82, 2.24) is 19.6 Å².